The molecule has 0 spiro atoms. The average Bonchev–Trinajstić information content (AvgIpc) is 2.72. The molecule has 29 heavy (non-hydrogen) atoms. The van der Waals surface area contributed by atoms with E-state index in [4.69, 9.17) is 19.3 Å². The van der Waals surface area contributed by atoms with Crippen LogP contribution in [0.25, 0.3) is 0 Å². The fourth-order valence-corrected chi connectivity index (χ4v) is 2.74. The molecule has 0 atom stereocenters. The molecule has 3 rings (SSSR count). The number of nitrogens with zero attached hydrogens (tertiary/aromatic N) is 1. The van der Waals surface area contributed by atoms with Gasteiger partial charge in [0, 0.05) is 24.2 Å². The van der Waals surface area contributed by atoms with Gasteiger partial charge in [-0.25, -0.2) is 4.79 Å². The molecule has 8 heteroatoms. The Labute approximate surface area is 166 Å². The van der Waals surface area contributed by atoms with Crippen molar-refractivity contribution in [1.29, 1.82) is 0 Å². The lowest BCUT2D eigenvalue weighted by atomic mass is 10.1. The fourth-order valence-electron chi connectivity index (χ4n) is 2.74. The molecule has 0 unspecified atom stereocenters. The second kappa shape index (κ2) is 9.72. The second-order valence-corrected chi connectivity index (χ2v) is 6.25. The van der Waals surface area contributed by atoms with Gasteiger partial charge >= 0.3 is 5.69 Å². The van der Waals surface area contributed by atoms with E-state index < -0.39 is 11.2 Å². The maximum atomic E-state index is 12.2. The van der Waals surface area contributed by atoms with Crippen LogP contribution in [0.1, 0.15) is 11.1 Å². The predicted molar refractivity (Wildman–Crippen MR) is 107 cm³/mol. The number of rotatable bonds is 9. The van der Waals surface area contributed by atoms with Crippen molar-refractivity contribution < 1.29 is 19.3 Å². The van der Waals surface area contributed by atoms with Crippen LogP contribution in [-0.2, 0) is 17.9 Å². The standard InChI is InChI=1S/C21H22N2O6/c1-27-17-5-3-7-19(12-17)29-18-6-2-4-15(11-18)10-16-13-23(14-28-9-8-24)21(26)22-20(16)25/h2-7,11-13,24H,8-10,14H2,1H3,(H,22,25,26). The van der Waals surface area contributed by atoms with Crippen LogP contribution in [0.4, 0.5) is 0 Å². The molecule has 0 fully saturated rings. The number of ether oxygens (including phenoxy) is 3. The number of H-pyrrole nitrogens is 1. The summed E-state index contributed by atoms with van der Waals surface area (Å²) >= 11 is 0. The van der Waals surface area contributed by atoms with Crippen LogP contribution in [0, 0.1) is 0 Å². The number of aromatic nitrogens is 2. The molecular formula is C21H22N2O6. The summed E-state index contributed by atoms with van der Waals surface area (Å²) in [5, 5.41) is 8.78. The van der Waals surface area contributed by atoms with Crippen molar-refractivity contribution in [2.24, 2.45) is 0 Å². The molecule has 8 nitrogen and oxygen atoms in total. The van der Waals surface area contributed by atoms with Crippen LogP contribution in [-0.4, -0.2) is 35.0 Å². The molecule has 0 radical (unpaired) electrons. The Morgan fingerprint density at radius 2 is 1.76 bits per heavy atom. The number of hydrogen-bond donors (Lipinski definition) is 2. The number of aliphatic hydroxyl groups excluding tert-OH is 1. The average molecular weight is 398 g/mol. The lowest BCUT2D eigenvalue weighted by Crippen LogP contribution is -2.32. The van der Waals surface area contributed by atoms with Crippen molar-refractivity contribution in [1.82, 2.24) is 9.55 Å². The van der Waals surface area contributed by atoms with E-state index >= 15 is 0 Å². The minimum atomic E-state index is -0.563. The molecule has 2 N–H and O–H groups in total. The quantitative estimate of drug-likeness (QED) is 0.534. The third kappa shape index (κ3) is 5.56. The molecule has 0 saturated carbocycles. The Balaban J connectivity index is 1.78. The van der Waals surface area contributed by atoms with Crippen LogP contribution in [0.15, 0.2) is 64.3 Å². The summed E-state index contributed by atoms with van der Waals surface area (Å²) in [6.07, 6.45) is 1.78. The Hall–Kier alpha value is -3.36. The van der Waals surface area contributed by atoms with Gasteiger partial charge in [0.15, 0.2) is 0 Å². The van der Waals surface area contributed by atoms with Gasteiger partial charge in [0.05, 0.1) is 20.3 Å². The minimum absolute atomic E-state index is 0.0534. The predicted octanol–water partition coefficient (Wildman–Crippen LogP) is 1.89. The van der Waals surface area contributed by atoms with Crippen LogP contribution < -0.4 is 20.7 Å². The van der Waals surface area contributed by atoms with Gasteiger partial charge in [-0.15, -0.1) is 0 Å². The molecule has 0 aliphatic carbocycles. The number of aliphatic hydroxyl groups is 1. The van der Waals surface area contributed by atoms with E-state index in [2.05, 4.69) is 4.98 Å². The van der Waals surface area contributed by atoms with Gasteiger partial charge < -0.3 is 19.3 Å². The largest absolute Gasteiger partial charge is 0.497 e. The Kier molecular flexibility index (Phi) is 6.83. The van der Waals surface area contributed by atoms with E-state index in [1.807, 2.05) is 42.5 Å². The summed E-state index contributed by atoms with van der Waals surface area (Å²) in [4.78, 5) is 26.3. The molecule has 0 saturated heterocycles. The summed E-state index contributed by atoms with van der Waals surface area (Å²) in [5.74, 6) is 1.94. The van der Waals surface area contributed by atoms with Crippen molar-refractivity contribution in [3.05, 3.63) is 86.7 Å². The second-order valence-electron chi connectivity index (χ2n) is 6.25. The van der Waals surface area contributed by atoms with E-state index in [0.29, 0.717) is 29.2 Å². The fraction of sp³-hybridized carbons (Fsp3) is 0.238. The maximum Gasteiger partial charge on any atom is 0.330 e. The van der Waals surface area contributed by atoms with Crippen LogP contribution >= 0.6 is 0 Å². The monoisotopic (exact) mass is 398 g/mol. The van der Waals surface area contributed by atoms with Crippen LogP contribution in [0.2, 0.25) is 0 Å². The molecule has 152 valence electrons. The molecule has 3 aromatic rings. The van der Waals surface area contributed by atoms with E-state index in [9.17, 15) is 9.59 Å². The van der Waals surface area contributed by atoms with Gasteiger partial charge in [0.2, 0.25) is 0 Å². The molecule has 0 amide bonds. The van der Waals surface area contributed by atoms with Crippen molar-refractivity contribution in [2.75, 3.05) is 20.3 Å². The number of hydrogen-bond acceptors (Lipinski definition) is 6. The van der Waals surface area contributed by atoms with Crippen LogP contribution in [0.5, 0.6) is 17.2 Å². The van der Waals surface area contributed by atoms with E-state index in [1.54, 1.807) is 13.2 Å². The summed E-state index contributed by atoms with van der Waals surface area (Å²) < 4.78 is 17.5. The summed E-state index contributed by atoms with van der Waals surface area (Å²) in [7, 11) is 1.59. The van der Waals surface area contributed by atoms with E-state index in [1.165, 1.54) is 10.8 Å². The highest BCUT2D eigenvalue weighted by molar-refractivity contribution is 5.38. The third-order valence-corrected chi connectivity index (χ3v) is 4.12. The SMILES string of the molecule is COc1cccc(Oc2cccc(Cc3cn(COCCO)c(=O)[nH]c3=O)c2)c1. The van der Waals surface area contributed by atoms with Crippen molar-refractivity contribution >= 4 is 0 Å². The molecule has 0 aliphatic rings. The molecule has 0 bridgehead atoms. The summed E-state index contributed by atoms with van der Waals surface area (Å²) in [6.45, 7) is -0.0994. The van der Waals surface area contributed by atoms with E-state index in [0.717, 1.165) is 5.56 Å². The number of nitrogens with one attached hydrogen (secondary N) is 1. The first-order valence-electron chi connectivity index (χ1n) is 9.01. The Morgan fingerprint density at radius 3 is 2.52 bits per heavy atom. The lowest BCUT2D eigenvalue weighted by Gasteiger charge is -2.10. The normalized spacial score (nSPS) is 10.7. The van der Waals surface area contributed by atoms with Gasteiger partial charge in [-0.2, -0.15) is 0 Å². The van der Waals surface area contributed by atoms with Crippen molar-refractivity contribution in [3.63, 3.8) is 0 Å². The number of benzene rings is 2. The summed E-state index contributed by atoms with van der Waals surface area (Å²) in [6, 6.07) is 14.6. The van der Waals surface area contributed by atoms with E-state index in [-0.39, 0.29) is 19.9 Å². The molecule has 0 aliphatic heterocycles. The van der Waals surface area contributed by atoms with Crippen molar-refractivity contribution in [2.45, 2.75) is 13.2 Å². The Morgan fingerprint density at radius 1 is 1.03 bits per heavy atom. The van der Waals surface area contributed by atoms with Gasteiger partial charge in [-0.1, -0.05) is 18.2 Å². The lowest BCUT2D eigenvalue weighted by molar-refractivity contribution is 0.0455. The zero-order valence-electron chi connectivity index (χ0n) is 16.0. The van der Waals surface area contributed by atoms with Gasteiger partial charge in [-0.05, 0) is 29.8 Å². The number of methoxy groups -OCH3 is 1. The molecule has 1 aromatic heterocycles. The first-order chi connectivity index (χ1) is 14.1. The minimum Gasteiger partial charge on any atom is -0.497 e. The van der Waals surface area contributed by atoms with Gasteiger partial charge in [0.1, 0.15) is 24.0 Å². The first-order valence-corrected chi connectivity index (χ1v) is 9.01. The molecule has 1 heterocycles. The summed E-state index contributed by atoms with van der Waals surface area (Å²) in [5.41, 5.74) is 0.243. The third-order valence-electron chi connectivity index (χ3n) is 4.12. The van der Waals surface area contributed by atoms with Crippen molar-refractivity contribution in [3.8, 4) is 17.2 Å². The highest BCUT2D eigenvalue weighted by Gasteiger charge is 2.08. The van der Waals surface area contributed by atoms with Gasteiger partial charge in [0.25, 0.3) is 5.56 Å². The highest BCUT2D eigenvalue weighted by atomic mass is 16.5. The zero-order valence-corrected chi connectivity index (χ0v) is 16.0. The van der Waals surface area contributed by atoms with Crippen LogP contribution in [0.3, 0.4) is 0 Å². The highest BCUT2D eigenvalue weighted by Crippen LogP contribution is 2.26. The molecule has 2 aromatic carbocycles. The first kappa shape index (κ1) is 20.4. The molecular weight excluding hydrogens is 376 g/mol. The number of aromatic amines is 1. The van der Waals surface area contributed by atoms with Gasteiger partial charge in [-0.3, -0.25) is 14.3 Å². The smallest absolute Gasteiger partial charge is 0.330 e. The zero-order chi connectivity index (χ0) is 20.6. The Bertz CT molecular complexity index is 1070. The maximum absolute atomic E-state index is 12.2. The topological polar surface area (TPSA) is 103 Å².